The van der Waals surface area contributed by atoms with Crippen LogP contribution >= 0.6 is 0 Å². The van der Waals surface area contributed by atoms with Crippen LogP contribution in [0.1, 0.15) is 5.56 Å². The van der Waals surface area contributed by atoms with Crippen molar-refractivity contribution in [3.8, 4) is 0 Å². The minimum Gasteiger partial charge on any atom is -0.393 e. The molecular formula is C17H15F3N6. The molecule has 3 rings (SSSR count). The lowest BCUT2D eigenvalue weighted by Gasteiger charge is -2.14. The van der Waals surface area contributed by atoms with Crippen LogP contribution in [0.5, 0.6) is 0 Å². The fourth-order valence-corrected chi connectivity index (χ4v) is 2.16. The first-order chi connectivity index (χ1) is 12.4. The van der Waals surface area contributed by atoms with Crippen LogP contribution in [0, 0.1) is 0 Å². The van der Waals surface area contributed by atoms with Crippen molar-refractivity contribution in [2.75, 3.05) is 21.9 Å². The maximum Gasteiger partial charge on any atom is 0.416 e. The van der Waals surface area contributed by atoms with E-state index in [-0.39, 0.29) is 17.2 Å². The molecule has 0 radical (unpaired) electrons. The van der Waals surface area contributed by atoms with Crippen molar-refractivity contribution in [2.45, 2.75) is 6.18 Å². The Morgan fingerprint density at radius 1 is 0.808 bits per heavy atom. The molecule has 1 heterocycles. The molecule has 0 saturated heterocycles. The van der Waals surface area contributed by atoms with Crippen LogP contribution in [0.2, 0.25) is 0 Å². The summed E-state index contributed by atoms with van der Waals surface area (Å²) < 4.78 is 38.4. The first-order valence-electron chi connectivity index (χ1n) is 7.55. The zero-order valence-electron chi connectivity index (χ0n) is 13.4. The lowest BCUT2D eigenvalue weighted by atomic mass is 10.2. The van der Waals surface area contributed by atoms with Gasteiger partial charge in [0.2, 0.25) is 0 Å². The number of benzene rings is 2. The number of para-hydroxylation sites is 1. The van der Waals surface area contributed by atoms with Crippen molar-refractivity contribution in [1.29, 1.82) is 0 Å². The number of nitrogen functional groups attached to an aromatic ring is 1. The monoisotopic (exact) mass is 360 g/mol. The van der Waals surface area contributed by atoms with Crippen LogP contribution in [-0.4, -0.2) is 9.97 Å². The molecule has 0 amide bonds. The standard InChI is InChI=1S/C17H15F3N6/c18-17(19,20)11-5-4-8-13(9-11)24-15-14(21)16(23-10-22-15)26-25-12-6-2-1-3-7-12/h1-10,25H,21H2,(H2,22,23,24,26). The summed E-state index contributed by atoms with van der Waals surface area (Å²) in [6.07, 6.45) is -3.18. The Balaban J connectivity index is 1.77. The predicted octanol–water partition coefficient (Wildman–Crippen LogP) is 4.26. The Morgan fingerprint density at radius 2 is 1.50 bits per heavy atom. The fourth-order valence-electron chi connectivity index (χ4n) is 2.16. The summed E-state index contributed by atoms with van der Waals surface area (Å²) in [5.41, 5.74) is 12.2. The lowest BCUT2D eigenvalue weighted by Crippen LogP contribution is -2.13. The number of anilines is 5. The number of rotatable bonds is 5. The molecule has 26 heavy (non-hydrogen) atoms. The lowest BCUT2D eigenvalue weighted by molar-refractivity contribution is -0.137. The molecule has 0 bridgehead atoms. The van der Waals surface area contributed by atoms with Crippen molar-refractivity contribution in [1.82, 2.24) is 9.97 Å². The van der Waals surface area contributed by atoms with Gasteiger partial charge < -0.3 is 11.1 Å². The number of hydrogen-bond acceptors (Lipinski definition) is 6. The predicted molar refractivity (Wildman–Crippen MR) is 94.9 cm³/mol. The minimum atomic E-state index is -4.43. The highest BCUT2D eigenvalue weighted by Gasteiger charge is 2.30. The molecule has 0 aliphatic rings. The number of alkyl halides is 3. The van der Waals surface area contributed by atoms with Crippen molar-refractivity contribution in [3.63, 3.8) is 0 Å². The van der Waals surface area contributed by atoms with E-state index < -0.39 is 11.7 Å². The van der Waals surface area contributed by atoms with Crippen LogP contribution in [0.15, 0.2) is 60.9 Å². The first kappa shape index (κ1) is 17.3. The smallest absolute Gasteiger partial charge is 0.393 e. The second-order valence-electron chi connectivity index (χ2n) is 5.30. The summed E-state index contributed by atoms with van der Waals surface area (Å²) in [6, 6.07) is 14.0. The zero-order valence-corrected chi connectivity index (χ0v) is 13.4. The molecular weight excluding hydrogens is 345 g/mol. The molecule has 0 unspecified atom stereocenters. The first-order valence-corrected chi connectivity index (χ1v) is 7.55. The van der Waals surface area contributed by atoms with E-state index in [0.717, 1.165) is 17.8 Å². The molecule has 6 nitrogen and oxygen atoms in total. The van der Waals surface area contributed by atoms with E-state index in [1.807, 2.05) is 30.3 Å². The molecule has 0 spiro atoms. The van der Waals surface area contributed by atoms with Crippen LogP contribution in [0.3, 0.4) is 0 Å². The number of halogens is 3. The van der Waals surface area contributed by atoms with E-state index in [1.54, 1.807) is 0 Å². The zero-order chi connectivity index (χ0) is 18.6. The van der Waals surface area contributed by atoms with E-state index in [0.29, 0.717) is 5.82 Å². The molecule has 134 valence electrons. The van der Waals surface area contributed by atoms with Crippen molar-refractivity contribution >= 4 is 28.7 Å². The summed E-state index contributed by atoms with van der Waals surface area (Å²) in [6.45, 7) is 0. The van der Waals surface area contributed by atoms with Gasteiger partial charge in [-0.05, 0) is 30.3 Å². The van der Waals surface area contributed by atoms with Gasteiger partial charge in [-0.25, -0.2) is 9.97 Å². The van der Waals surface area contributed by atoms with E-state index >= 15 is 0 Å². The maximum atomic E-state index is 12.8. The van der Waals surface area contributed by atoms with Gasteiger partial charge in [0.25, 0.3) is 0 Å². The third-order valence-corrected chi connectivity index (χ3v) is 3.44. The Morgan fingerprint density at radius 3 is 2.23 bits per heavy atom. The highest BCUT2D eigenvalue weighted by Crippen LogP contribution is 2.32. The summed E-state index contributed by atoms with van der Waals surface area (Å²) >= 11 is 0. The Labute approximate surface area is 147 Å². The highest BCUT2D eigenvalue weighted by atomic mass is 19.4. The number of nitrogens with two attached hydrogens (primary N) is 1. The van der Waals surface area contributed by atoms with Gasteiger partial charge in [0.05, 0.1) is 11.3 Å². The fraction of sp³-hybridized carbons (Fsp3) is 0.0588. The third-order valence-electron chi connectivity index (χ3n) is 3.44. The van der Waals surface area contributed by atoms with Gasteiger partial charge in [-0.15, -0.1) is 0 Å². The van der Waals surface area contributed by atoms with Gasteiger partial charge in [-0.2, -0.15) is 13.2 Å². The van der Waals surface area contributed by atoms with E-state index in [1.165, 1.54) is 18.5 Å². The Hall–Kier alpha value is -3.49. The van der Waals surface area contributed by atoms with Gasteiger partial charge in [0.1, 0.15) is 12.0 Å². The topological polar surface area (TPSA) is 87.9 Å². The molecule has 5 N–H and O–H groups in total. The molecule has 0 aliphatic carbocycles. The normalized spacial score (nSPS) is 11.0. The van der Waals surface area contributed by atoms with Crippen LogP contribution in [-0.2, 0) is 6.18 Å². The second-order valence-corrected chi connectivity index (χ2v) is 5.30. The van der Waals surface area contributed by atoms with Gasteiger partial charge in [-0.1, -0.05) is 24.3 Å². The molecule has 3 aromatic rings. The summed E-state index contributed by atoms with van der Waals surface area (Å²) in [5.74, 6) is 0.481. The third kappa shape index (κ3) is 4.12. The summed E-state index contributed by atoms with van der Waals surface area (Å²) in [5, 5.41) is 2.78. The van der Waals surface area contributed by atoms with Crippen molar-refractivity contribution in [3.05, 3.63) is 66.5 Å². The molecule has 2 aromatic carbocycles. The molecule has 0 aliphatic heterocycles. The van der Waals surface area contributed by atoms with Gasteiger partial charge in [0.15, 0.2) is 11.6 Å². The van der Waals surface area contributed by atoms with E-state index in [4.69, 9.17) is 5.73 Å². The Bertz CT molecular complexity index is 883. The van der Waals surface area contributed by atoms with Crippen molar-refractivity contribution < 1.29 is 13.2 Å². The number of hydrazine groups is 1. The van der Waals surface area contributed by atoms with Gasteiger partial charge in [0, 0.05) is 5.69 Å². The number of hydrogen-bond donors (Lipinski definition) is 4. The highest BCUT2D eigenvalue weighted by molar-refractivity contribution is 5.78. The number of nitrogens with one attached hydrogen (secondary N) is 3. The average Bonchev–Trinajstić information content (AvgIpc) is 2.63. The number of nitrogens with zero attached hydrogens (tertiary/aromatic N) is 2. The molecule has 0 atom stereocenters. The van der Waals surface area contributed by atoms with E-state index in [2.05, 4.69) is 26.1 Å². The SMILES string of the molecule is Nc1c(NNc2ccccc2)ncnc1Nc1cccc(C(F)(F)F)c1. The molecule has 0 fully saturated rings. The van der Waals surface area contributed by atoms with Gasteiger partial charge in [-0.3, -0.25) is 10.9 Å². The number of aromatic nitrogens is 2. The minimum absolute atomic E-state index is 0.161. The average molecular weight is 360 g/mol. The van der Waals surface area contributed by atoms with Crippen molar-refractivity contribution in [2.24, 2.45) is 0 Å². The van der Waals surface area contributed by atoms with Crippen LogP contribution in [0.4, 0.5) is 41.9 Å². The molecule has 9 heteroatoms. The molecule has 1 aromatic heterocycles. The molecule has 0 saturated carbocycles. The summed E-state index contributed by atoms with van der Waals surface area (Å²) in [7, 11) is 0. The maximum absolute atomic E-state index is 12.8. The second kappa shape index (κ2) is 7.18. The quantitative estimate of drug-likeness (QED) is 0.509. The largest absolute Gasteiger partial charge is 0.416 e. The van der Waals surface area contributed by atoms with Crippen LogP contribution < -0.4 is 21.9 Å². The van der Waals surface area contributed by atoms with Gasteiger partial charge >= 0.3 is 6.18 Å². The van der Waals surface area contributed by atoms with Crippen LogP contribution in [0.25, 0.3) is 0 Å². The Kier molecular flexibility index (Phi) is 4.78. The summed E-state index contributed by atoms with van der Waals surface area (Å²) in [4.78, 5) is 8.01. The van der Waals surface area contributed by atoms with E-state index in [9.17, 15) is 13.2 Å².